The first-order valence-corrected chi connectivity index (χ1v) is 7.21. The highest BCUT2D eigenvalue weighted by Crippen LogP contribution is 2.25. The zero-order valence-electron chi connectivity index (χ0n) is 11.5. The first-order chi connectivity index (χ1) is 9.34. The molecule has 1 N–H and O–H groups in total. The predicted molar refractivity (Wildman–Crippen MR) is 75.1 cm³/mol. The van der Waals surface area contributed by atoms with Gasteiger partial charge in [0.25, 0.3) is 0 Å². The summed E-state index contributed by atoms with van der Waals surface area (Å²) in [5.41, 5.74) is 3.35. The Labute approximate surface area is 113 Å². The lowest BCUT2D eigenvalue weighted by molar-refractivity contribution is 0.100. The molecular weight excluding hydrogens is 238 g/mol. The second-order valence-corrected chi connectivity index (χ2v) is 5.47. The molecule has 0 aliphatic carbocycles. The van der Waals surface area contributed by atoms with Crippen molar-refractivity contribution in [1.82, 2.24) is 15.2 Å². The smallest absolute Gasteiger partial charge is 0.0957 e. The van der Waals surface area contributed by atoms with Crippen molar-refractivity contribution in [3.8, 4) is 0 Å². The molecule has 0 amide bonds. The van der Waals surface area contributed by atoms with Gasteiger partial charge in [-0.3, -0.25) is 10.1 Å². The molecule has 0 radical (unpaired) electrons. The fourth-order valence-corrected chi connectivity index (χ4v) is 2.96. The number of ether oxygens (including phenoxy) is 1. The second-order valence-electron chi connectivity index (χ2n) is 5.47. The number of fused-ring (bicyclic) bond motifs is 1. The van der Waals surface area contributed by atoms with E-state index in [1.54, 1.807) is 0 Å². The van der Waals surface area contributed by atoms with Crippen molar-refractivity contribution in [3.05, 3.63) is 23.7 Å². The third kappa shape index (κ3) is 2.78. The van der Waals surface area contributed by atoms with E-state index in [9.17, 15) is 0 Å². The largest absolute Gasteiger partial charge is 0.381 e. The fraction of sp³-hybridized carbons (Fsp3) is 0.600. The molecule has 102 valence electrons. The van der Waals surface area contributed by atoms with E-state index in [4.69, 9.17) is 4.74 Å². The van der Waals surface area contributed by atoms with Crippen LogP contribution in [0, 0.1) is 12.8 Å². The fourth-order valence-electron chi connectivity index (χ4n) is 2.96. The van der Waals surface area contributed by atoms with E-state index in [1.807, 2.05) is 12.3 Å². The van der Waals surface area contributed by atoms with E-state index in [2.05, 4.69) is 22.1 Å². The molecule has 2 aromatic heterocycles. The summed E-state index contributed by atoms with van der Waals surface area (Å²) >= 11 is 0. The summed E-state index contributed by atoms with van der Waals surface area (Å²) in [6.45, 7) is 3.90. The lowest BCUT2D eigenvalue weighted by Gasteiger charge is -2.19. The van der Waals surface area contributed by atoms with Crippen LogP contribution in [0.3, 0.4) is 0 Å². The van der Waals surface area contributed by atoms with Gasteiger partial charge < -0.3 is 4.74 Å². The second kappa shape index (κ2) is 5.70. The molecule has 0 spiro atoms. The molecule has 3 heterocycles. The van der Waals surface area contributed by atoms with Crippen LogP contribution in [0.2, 0.25) is 0 Å². The van der Waals surface area contributed by atoms with Crippen molar-refractivity contribution >= 4 is 10.9 Å². The maximum absolute atomic E-state index is 5.60. The molecule has 1 fully saturated rings. The molecule has 4 heteroatoms. The Bertz CT molecular complexity index is 541. The average Bonchev–Trinajstić information content (AvgIpc) is 2.75. The average molecular weight is 259 g/mol. The van der Waals surface area contributed by atoms with Crippen LogP contribution in [0.5, 0.6) is 0 Å². The highest BCUT2D eigenvalue weighted by Gasteiger charge is 2.16. The Morgan fingerprint density at radius 1 is 1.32 bits per heavy atom. The molecule has 0 aromatic carbocycles. The number of hydrogen-bond acceptors (Lipinski definition) is 3. The summed E-state index contributed by atoms with van der Waals surface area (Å²) in [6.07, 6.45) is 7.82. The number of rotatable bonds is 2. The van der Waals surface area contributed by atoms with Gasteiger partial charge in [0.15, 0.2) is 0 Å². The van der Waals surface area contributed by atoms with Crippen LogP contribution in [-0.4, -0.2) is 28.4 Å². The standard InChI is InChI=1S/C15H21N3O/c1-11-15-13(18-17-11)5-7-16-14(15)10-12-4-2-3-8-19-9-6-12/h5,7,12H,2-4,6,8-10H2,1H3,(H,17,18). The molecule has 3 rings (SSSR count). The number of nitrogens with zero attached hydrogens (tertiary/aromatic N) is 2. The minimum Gasteiger partial charge on any atom is -0.381 e. The van der Waals surface area contributed by atoms with E-state index in [1.165, 1.54) is 30.3 Å². The third-order valence-corrected chi connectivity index (χ3v) is 4.03. The normalized spacial score (nSPS) is 21.2. The number of H-pyrrole nitrogens is 1. The number of aromatic nitrogens is 3. The predicted octanol–water partition coefficient (Wildman–Crippen LogP) is 3.02. The van der Waals surface area contributed by atoms with Gasteiger partial charge in [-0.25, -0.2) is 0 Å². The van der Waals surface area contributed by atoms with Gasteiger partial charge in [0.2, 0.25) is 0 Å². The molecular formula is C15H21N3O. The number of aromatic amines is 1. The summed E-state index contributed by atoms with van der Waals surface area (Å²) in [6, 6.07) is 1.98. The molecule has 0 bridgehead atoms. The van der Waals surface area contributed by atoms with Crippen LogP contribution in [0.15, 0.2) is 12.3 Å². The molecule has 2 aromatic rings. The highest BCUT2D eigenvalue weighted by atomic mass is 16.5. The summed E-state index contributed by atoms with van der Waals surface area (Å²) in [5, 5.41) is 8.59. The van der Waals surface area contributed by atoms with E-state index < -0.39 is 0 Å². The van der Waals surface area contributed by atoms with Crippen molar-refractivity contribution in [2.45, 2.75) is 39.0 Å². The highest BCUT2D eigenvalue weighted by molar-refractivity contribution is 5.83. The first-order valence-electron chi connectivity index (χ1n) is 7.21. The SMILES string of the molecule is Cc1[nH]nc2ccnc(CC3CCCCOCC3)c12. The molecule has 1 unspecified atom stereocenters. The Kier molecular flexibility index (Phi) is 3.78. The van der Waals surface area contributed by atoms with Gasteiger partial charge in [0.05, 0.1) is 11.2 Å². The van der Waals surface area contributed by atoms with Crippen molar-refractivity contribution < 1.29 is 4.74 Å². The van der Waals surface area contributed by atoms with Crippen LogP contribution in [0.25, 0.3) is 10.9 Å². The Hall–Kier alpha value is -1.42. The van der Waals surface area contributed by atoms with Gasteiger partial charge in [-0.1, -0.05) is 6.42 Å². The Morgan fingerprint density at radius 3 is 3.21 bits per heavy atom. The van der Waals surface area contributed by atoms with E-state index >= 15 is 0 Å². The van der Waals surface area contributed by atoms with Crippen LogP contribution >= 0.6 is 0 Å². The Morgan fingerprint density at radius 2 is 2.26 bits per heavy atom. The molecule has 19 heavy (non-hydrogen) atoms. The molecule has 1 atom stereocenters. The minimum atomic E-state index is 0.688. The van der Waals surface area contributed by atoms with Gasteiger partial charge >= 0.3 is 0 Å². The zero-order chi connectivity index (χ0) is 13.1. The number of pyridine rings is 1. The van der Waals surface area contributed by atoms with Crippen LogP contribution in [0.1, 0.15) is 37.1 Å². The monoisotopic (exact) mass is 259 g/mol. The first kappa shape index (κ1) is 12.6. The summed E-state index contributed by atoms with van der Waals surface area (Å²) in [5.74, 6) is 0.688. The quantitative estimate of drug-likeness (QED) is 0.902. The molecule has 1 saturated heterocycles. The molecule has 0 saturated carbocycles. The van der Waals surface area contributed by atoms with Crippen molar-refractivity contribution in [1.29, 1.82) is 0 Å². The van der Waals surface area contributed by atoms with Gasteiger partial charge in [-0.15, -0.1) is 0 Å². The van der Waals surface area contributed by atoms with Gasteiger partial charge in [-0.05, 0) is 44.6 Å². The van der Waals surface area contributed by atoms with Gasteiger partial charge in [0.1, 0.15) is 0 Å². The van der Waals surface area contributed by atoms with E-state index in [0.29, 0.717) is 5.92 Å². The lowest BCUT2D eigenvalue weighted by Crippen LogP contribution is -2.13. The number of hydrogen-bond donors (Lipinski definition) is 1. The van der Waals surface area contributed by atoms with Gasteiger partial charge in [0, 0.05) is 30.5 Å². The lowest BCUT2D eigenvalue weighted by atomic mass is 9.92. The third-order valence-electron chi connectivity index (χ3n) is 4.03. The molecule has 1 aliphatic rings. The van der Waals surface area contributed by atoms with Crippen LogP contribution in [0.4, 0.5) is 0 Å². The maximum Gasteiger partial charge on any atom is 0.0957 e. The van der Waals surface area contributed by atoms with E-state index in [-0.39, 0.29) is 0 Å². The van der Waals surface area contributed by atoms with Crippen molar-refractivity contribution in [3.63, 3.8) is 0 Å². The van der Waals surface area contributed by atoms with Crippen LogP contribution in [-0.2, 0) is 11.2 Å². The van der Waals surface area contributed by atoms with Crippen molar-refractivity contribution in [2.75, 3.05) is 13.2 Å². The summed E-state index contributed by atoms with van der Waals surface area (Å²) < 4.78 is 5.60. The Balaban J connectivity index is 1.81. The molecule has 4 nitrogen and oxygen atoms in total. The number of aryl methyl sites for hydroxylation is 1. The van der Waals surface area contributed by atoms with E-state index in [0.717, 1.165) is 37.3 Å². The minimum absolute atomic E-state index is 0.688. The summed E-state index contributed by atoms with van der Waals surface area (Å²) in [4.78, 5) is 4.59. The topological polar surface area (TPSA) is 50.8 Å². The van der Waals surface area contributed by atoms with Gasteiger partial charge in [-0.2, -0.15) is 5.10 Å². The molecule has 1 aliphatic heterocycles. The van der Waals surface area contributed by atoms with Crippen molar-refractivity contribution in [2.24, 2.45) is 5.92 Å². The maximum atomic E-state index is 5.60. The van der Waals surface area contributed by atoms with Crippen LogP contribution < -0.4 is 0 Å². The zero-order valence-corrected chi connectivity index (χ0v) is 11.5. The number of nitrogens with one attached hydrogen (secondary N) is 1. The summed E-state index contributed by atoms with van der Waals surface area (Å²) in [7, 11) is 0.